The predicted octanol–water partition coefficient (Wildman–Crippen LogP) is 6.67. The summed E-state index contributed by atoms with van der Waals surface area (Å²) in [7, 11) is 0. The summed E-state index contributed by atoms with van der Waals surface area (Å²) in [5.41, 5.74) is 1.08. The van der Waals surface area contributed by atoms with Gasteiger partial charge in [0.15, 0.2) is 0 Å². The zero-order valence-electron chi connectivity index (χ0n) is 17.3. The summed E-state index contributed by atoms with van der Waals surface area (Å²) in [5.74, 6) is 1.46. The first-order valence-electron chi connectivity index (χ1n) is 10.5. The summed E-state index contributed by atoms with van der Waals surface area (Å²) in [5, 5.41) is 0. The number of ketones is 2. The van der Waals surface area contributed by atoms with Crippen LogP contribution in [0.15, 0.2) is 11.6 Å². The van der Waals surface area contributed by atoms with Crippen LogP contribution in [-0.2, 0) is 9.59 Å². The number of hydrogen-bond donors (Lipinski definition) is 0. The first kappa shape index (κ1) is 22.1. The molecular formula is C23H40O2. The second kappa shape index (κ2) is 10.9. The lowest BCUT2D eigenvalue weighted by Gasteiger charge is -2.30. The molecule has 0 aromatic carbocycles. The van der Waals surface area contributed by atoms with Crippen molar-refractivity contribution in [2.45, 2.75) is 105 Å². The van der Waals surface area contributed by atoms with E-state index in [2.05, 4.69) is 26.8 Å². The van der Waals surface area contributed by atoms with Gasteiger partial charge < -0.3 is 0 Å². The van der Waals surface area contributed by atoms with E-state index in [0.29, 0.717) is 36.7 Å². The molecule has 2 unspecified atom stereocenters. The lowest BCUT2D eigenvalue weighted by atomic mass is 9.73. The molecular weight excluding hydrogens is 308 g/mol. The van der Waals surface area contributed by atoms with E-state index in [1.54, 1.807) is 0 Å². The lowest BCUT2D eigenvalue weighted by molar-refractivity contribution is -0.133. The van der Waals surface area contributed by atoms with E-state index < -0.39 is 0 Å². The fourth-order valence-corrected chi connectivity index (χ4v) is 4.04. The number of hydrogen-bond acceptors (Lipinski definition) is 2. The van der Waals surface area contributed by atoms with E-state index in [9.17, 15) is 9.59 Å². The molecule has 2 atom stereocenters. The van der Waals surface area contributed by atoms with Gasteiger partial charge in [-0.1, -0.05) is 52.2 Å². The Bertz CT molecular complexity index is 459. The van der Waals surface area contributed by atoms with Gasteiger partial charge in [0.05, 0.1) is 0 Å². The average molecular weight is 349 g/mol. The van der Waals surface area contributed by atoms with Gasteiger partial charge in [0, 0.05) is 24.2 Å². The lowest BCUT2D eigenvalue weighted by Crippen LogP contribution is -2.32. The van der Waals surface area contributed by atoms with Crippen LogP contribution in [-0.4, -0.2) is 11.6 Å². The van der Waals surface area contributed by atoms with Crippen molar-refractivity contribution in [3.63, 3.8) is 0 Å². The van der Waals surface area contributed by atoms with Crippen molar-refractivity contribution in [3.8, 4) is 0 Å². The van der Waals surface area contributed by atoms with Crippen LogP contribution in [0.2, 0.25) is 0 Å². The van der Waals surface area contributed by atoms with Crippen LogP contribution in [0.5, 0.6) is 0 Å². The molecule has 0 aromatic heterocycles. The first-order chi connectivity index (χ1) is 11.8. The van der Waals surface area contributed by atoms with Gasteiger partial charge >= 0.3 is 0 Å². The molecule has 0 amide bonds. The number of carbonyl (C=O) groups excluding carboxylic acids is 2. The fraction of sp³-hybridized carbons (Fsp3) is 0.826. The fourth-order valence-electron chi connectivity index (χ4n) is 4.04. The molecule has 2 heteroatoms. The molecule has 1 aliphatic rings. The molecule has 0 N–H and O–H groups in total. The second-order valence-electron chi connectivity index (χ2n) is 8.95. The minimum absolute atomic E-state index is 0.162. The van der Waals surface area contributed by atoms with Crippen LogP contribution < -0.4 is 0 Å². The van der Waals surface area contributed by atoms with Crippen molar-refractivity contribution < 1.29 is 9.59 Å². The Kier molecular flexibility index (Phi) is 9.67. The topological polar surface area (TPSA) is 34.1 Å². The smallest absolute Gasteiger partial charge is 0.141 e. The molecule has 0 aromatic rings. The molecule has 2 nitrogen and oxygen atoms in total. The SMILES string of the molecule is CCCC1CC(C)CCC/C(C)=C/CCCC(=O)CCC(C)(C)C1=O. The maximum absolute atomic E-state index is 13.1. The molecule has 0 aliphatic heterocycles. The molecule has 0 radical (unpaired) electrons. The summed E-state index contributed by atoms with van der Waals surface area (Å²) in [6.45, 7) is 10.8. The van der Waals surface area contributed by atoms with Crippen molar-refractivity contribution in [2.24, 2.45) is 17.3 Å². The second-order valence-corrected chi connectivity index (χ2v) is 8.95. The van der Waals surface area contributed by atoms with Crippen LogP contribution in [0.1, 0.15) is 105 Å². The molecule has 0 bridgehead atoms. The van der Waals surface area contributed by atoms with Crippen molar-refractivity contribution in [1.29, 1.82) is 0 Å². The van der Waals surface area contributed by atoms with Gasteiger partial charge in [-0.05, 0) is 57.8 Å². The Hall–Kier alpha value is -0.920. The standard InChI is InChI=1S/C23H40O2/c1-6-10-20-17-19(3)13-9-12-18(2)11-7-8-14-21(24)15-16-23(4,5)22(20)25/h11,19-20H,6-10,12-17H2,1-5H3/b18-11+. The van der Waals surface area contributed by atoms with Gasteiger partial charge in [0.2, 0.25) is 0 Å². The van der Waals surface area contributed by atoms with E-state index in [1.807, 2.05) is 13.8 Å². The molecule has 1 rings (SSSR count). The van der Waals surface area contributed by atoms with Crippen LogP contribution in [0, 0.1) is 17.3 Å². The Labute approximate surface area is 155 Å². The normalized spacial score (nSPS) is 29.9. The number of carbonyl (C=O) groups is 2. The Balaban J connectivity index is 2.86. The Morgan fingerprint density at radius 2 is 1.84 bits per heavy atom. The number of Topliss-reactive ketones (excluding diaryl/α,β-unsaturated/α-hetero) is 2. The molecule has 0 saturated heterocycles. The molecule has 144 valence electrons. The molecule has 1 aliphatic carbocycles. The Morgan fingerprint density at radius 3 is 2.52 bits per heavy atom. The highest BCUT2D eigenvalue weighted by atomic mass is 16.1. The summed E-state index contributed by atoms with van der Waals surface area (Å²) in [6, 6.07) is 0. The predicted molar refractivity (Wildman–Crippen MR) is 107 cm³/mol. The zero-order valence-corrected chi connectivity index (χ0v) is 17.3. The van der Waals surface area contributed by atoms with Crippen molar-refractivity contribution in [2.75, 3.05) is 0 Å². The molecule has 0 fully saturated rings. The molecule has 0 saturated carbocycles. The van der Waals surface area contributed by atoms with Gasteiger partial charge in [0.25, 0.3) is 0 Å². The van der Waals surface area contributed by atoms with Crippen molar-refractivity contribution in [1.82, 2.24) is 0 Å². The van der Waals surface area contributed by atoms with E-state index in [0.717, 1.165) is 38.5 Å². The highest BCUT2D eigenvalue weighted by Crippen LogP contribution is 2.33. The largest absolute Gasteiger partial charge is 0.300 e. The Morgan fingerprint density at radius 1 is 1.12 bits per heavy atom. The summed E-state index contributed by atoms with van der Waals surface area (Å²) in [4.78, 5) is 25.3. The van der Waals surface area contributed by atoms with Crippen molar-refractivity contribution >= 4 is 11.6 Å². The van der Waals surface area contributed by atoms with Crippen LogP contribution >= 0.6 is 0 Å². The van der Waals surface area contributed by atoms with E-state index >= 15 is 0 Å². The van der Waals surface area contributed by atoms with Gasteiger partial charge in [-0.15, -0.1) is 0 Å². The minimum atomic E-state index is -0.372. The third-order valence-electron chi connectivity index (χ3n) is 5.81. The van der Waals surface area contributed by atoms with E-state index in [-0.39, 0.29) is 11.3 Å². The number of allylic oxidation sites excluding steroid dienone is 2. The monoisotopic (exact) mass is 348 g/mol. The first-order valence-corrected chi connectivity index (χ1v) is 10.5. The van der Waals surface area contributed by atoms with Crippen LogP contribution in [0.4, 0.5) is 0 Å². The van der Waals surface area contributed by atoms with E-state index in [1.165, 1.54) is 18.4 Å². The van der Waals surface area contributed by atoms with Gasteiger partial charge in [0.1, 0.15) is 11.6 Å². The summed E-state index contributed by atoms with van der Waals surface area (Å²) >= 11 is 0. The average Bonchev–Trinajstić information content (AvgIpc) is 2.55. The highest BCUT2D eigenvalue weighted by molar-refractivity contribution is 5.87. The minimum Gasteiger partial charge on any atom is -0.300 e. The quantitative estimate of drug-likeness (QED) is 0.522. The maximum Gasteiger partial charge on any atom is 0.141 e. The molecule has 0 heterocycles. The summed E-state index contributed by atoms with van der Waals surface area (Å²) in [6.07, 6.45) is 12.8. The number of rotatable bonds is 2. The summed E-state index contributed by atoms with van der Waals surface area (Å²) < 4.78 is 0. The van der Waals surface area contributed by atoms with Gasteiger partial charge in [-0.2, -0.15) is 0 Å². The maximum atomic E-state index is 13.1. The van der Waals surface area contributed by atoms with E-state index in [4.69, 9.17) is 0 Å². The third kappa shape index (κ3) is 8.33. The molecule has 0 spiro atoms. The highest BCUT2D eigenvalue weighted by Gasteiger charge is 2.33. The van der Waals surface area contributed by atoms with Crippen molar-refractivity contribution in [3.05, 3.63) is 11.6 Å². The van der Waals surface area contributed by atoms with Gasteiger partial charge in [-0.25, -0.2) is 0 Å². The van der Waals surface area contributed by atoms with Gasteiger partial charge in [-0.3, -0.25) is 9.59 Å². The zero-order chi connectivity index (χ0) is 18.9. The third-order valence-corrected chi connectivity index (χ3v) is 5.81. The molecule has 25 heavy (non-hydrogen) atoms. The van der Waals surface area contributed by atoms with Crippen LogP contribution in [0.3, 0.4) is 0 Å². The van der Waals surface area contributed by atoms with Crippen LogP contribution in [0.25, 0.3) is 0 Å².